The van der Waals surface area contributed by atoms with Crippen LogP contribution in [0.25, 0.3) is 0 Å². The highest BCUT2D eigenvalue weighted by Crippen LogP contribution is 2.13. The average molecular weight is 290 g/mol. The van der Waals surface area contributed by atoms with Gasteiger partial charge in [0.2, 0.25) is 0 Å². The van der Waals surface area contributed by atoms with Crippen molar-refractivity contribution < 1.29 is 4.79 Å². The number of anilines is 1. The zero-order valence-electron chi connectivity index (χ0n) is 13.0. The number of nitrogen functional groups attached to an aromatic ring is 1. The number of benzene rings is 1. The number of nitrogens with zero attached hydrogens (tertiary/aromatic N) is 2. The van der Waals surface area contributed by atoms with Gasteiger partial charge in [-0.1, -0.05) is 12.1 Å². The first-order chi connectivity index (χ1) is 10.1. The van der Waals surface area contributed by atoms with Gasteiger partial charge in [0.05, 0.1) is 5.56 Å². The summed E-state index contributed by atoms with van der Waals surface area (Å²) in [6.45, 7) is 3.77. The second-order valence-electron chi connectivity index (χ2n) is 5.88. The molecule has 1 aliphatic heterocycles. The van der Waals surface area contributed by atoms with E-state index in [1.54, 1.807) is 12.1 Å². The normalized spacial score (nSPS) is 17.1. The third-order valence-electron chi connectivity index (χ3n) is 4.21. The average Bonchev–Trinajstić information content (AvgIpc) is 2.48. The Labute approximate surface area is 127 Å². The zero-order valence-corrected chi connectivity index (χ0v) is 13.0. The molecule has 116 valence electrons. The van der Waals surface area contributed by atoms with Crippen LogP contribution in [0.15, 0.2) is 24.3 Å². The number of carbonyl (C=O) groups is 1. The maximum Gasteiger partial charge on any atom is 0.253 e. The van der Waals surface area contributed by atoms with Crippen molar-refractivity contribution in [3.63, 3.8) is 0 Å². The Morgan fingerprint density at radius 3 is 2.62 bits per heavy atom. The third kappa shape index (κ3) is 4.44. The van der Waals surface area contributed by atoms with Crippen molar-refractivity contribution in [3.8, 4) is 0 Å². The molecule has 0 radical (unpaired) electrons. The molecule has 0 spiro atoms. The van der Waals surface area contributed by atoms with Gasteiger partial charge < -0.3 is 20.9 Å². The molecule has 21 heavy (non-hydrogen) atoms. The molecular formula is C16H26N4O. The van der Waals surface area contributed by atoms with Crippen molar-refractivity contribution in [2.24, 2.45) is 0 Å². The largest absolute Gasteiger partial charge is 0.398 e. The Balaban J connectivity index is 1.71. The number of nitrogens with two attached hydrogens (primary N) is 1. The molecule has 1 heterocycles. The van der Waals surface area contributed by atoms with E-state index in [1.165, 1.54) is 12.8 Å². The molecule has 1 aromatic carbocycles. The summed E-state index contributed by atoms with van der Waals surface area (Å²) in [5, 5.41) is 2.95. The molecule has 5 nitrogen and oxygen atoms in total. The van der Waals surface area contributed by atoms with Gasteiger partial charge in [0.15, 0.2) is 0 Å². The summed E-state index contributed by atoms with van der Waals surface area (Å²) in [6.07, 6.45) is 2.40. The quantitative estimate of drug-likeness (QED) is 0.795. The fourth-order valence-electron chi connectivity index (χ4n) is 2.79. The van der Waals surface area contributed by atoms with Gasteiger partial charge >= 0.3 is 0 Å². The molecule has 1 saturated heterocycles. The Hall–Kier alpha value is -1.59. The maximum absolute atomic E-state index is 12.0. The van der Waals surface area contributed by atoms with Crippen molar-refractivity contribution in [2.45, 2.75) is 18.9 Å². The van der Waals surface area contributed by atoms with Crippen LogP contribution in [0.1, 0.15) is 23.2 Å². The summed E-state index contributed by atoms with van der Waals surface area (Å²) in [6, 6.07) is 7.87. The summed E-state index contributed by atoms with van der Waals surface area (Å²) in [5.41, 5.74) is 6.89. The smallest absolute Gasteiger partial charge is 0.253 e. The van der Waals surface area contributed by atoms with Crippen LogP contribution in [0.2, 0.25) is 0 Å². The summed E-state index contributed by atoms with van der Waals surface area (Å²) in [5.74, 6) is -0.0868. The molecule has 0 bridgehead atoms. The van der Waals surface area contributed by atoms with Crippen molar-refractivity contribution in [1.29, 1.82) is 0 Å². The number of nitrogens with one attached hydrogen (secondary N) is 1. The van der Waals surface area contributed by atoms with E-state index in [0.29, 0.717) is 23.8 Å². The number of rotatable bonds is 5. The van der Waals surface area contributed by atoms with E-state index in [-0.39, 0.29) is 5.91 Å². The Bertz CT molecular complexity index is 467. The molecule has 0 saturated carbocycles. The predicted molar refractivity (Wildman–Crippen MR) is 86.3 cm³/mol. The minimum atomic E-state index is -0.0868. The van der Waals surface area contributed by atoms with Crippen LogP contribution in [0, 0.1) is 0 Å². The molecule has 1 aliphatic rings. The van der Waals surface area contributed by atoms with E-state index >= 15 is 0 Å². The molecule has 1 fully saturated rings. The summed E-state index contributed by atoms with van der Waals surface area (Å²) in [7, 11) is 4.29. The first kappa shape index (κ1) is 15.8. The van der Waals surface area contributed by atoms with Crippen LogP contribution in [-0.2, 0) is 0 Å². The van der Waals surface area contributed by atoms with Crippen molar-refractivity contribution in [3.05, 3.63) is 29.8 Å². The fourth-order valence-corrected chi connectivity index (χ4v) is 2.79. The molecule has 2 rings (SSSR count). The fraction of sp³-hybridized carbons (Fsp3) is 0.562. The highest BCUT2D eigenvalue weighted by Gasteiger charge is 2.20. The molecule has 3 N–H and O–H groups in total. The summed E-state index contributed by atoms with van der Waals surface area (Å²) < 4.78 is 0. The van der Waals surface area contributed by atoms with E-state index in [2.05, 4.69) is 29.2 Å². The van der Waals surface area contributed by atoms with Gasteiger partial charge in [0.1, 0.15) is 0 Å². The highest BCUT2D eigenvalue weighted by atomic mass is 16.1. The van der Waals surface area contributed by atoms with Crippen LogP contribution in [0.3, 0.4) is 0 Å². The number of carbonyl (C=O) groups excluding carboxylic acids is 1. The monoisotopic (exact) mass is 290 g/mol. The lowest BCUT2D eigenvalue weighted by atomic mass is 10.0. The second-order valence-corrected chi connectivity index (χ2v) is 5.88. The SMILES string of the molecule is CN(C)C1CCN(CCNC(=O)c2ccccc2N)CC1. The number of hydrogen-bond donors (Lipinski definition) is 2. The predicted octanol–water partition coefficient (Wildman–Crippen LogP) is 1.02. The van der Waals surface area contributed by atoms with Crippen molar-refractivity contribution in [2.75, 3.05) is 46.0 Å². The van der Waals surface area contributed by atoms with E-state index in [0.717, 1.165) is 19.6 Å². The van der Waals surface area contributed by atoms with Crippen LogP contribution >= 0.6 is 0 Å². The summed E-state index contributed by atoms with van der Waals surface area (Å²) in [4.78, 5) is 16.7. The number of likely N-dealkylation sites (tertiary alicyclic amines) is 1. The van der Waals surface area contributed by atoms with Gasteiger partial charge in [0.25, 0.3) is 5.91 Å². The number of para-hydroxylation sites is 1. The molecular weight excluding hydrogens is 264 g/mol. The van der Waals surface area contributed by atoms with Gasteiger partial charge in [-0.15, -0.1) is 0 Å². The van der Waals surface area contributed by atoms with Gasteiger partial charge in [-0.25, -0.2) is 0 Å². The molecule has 0 aromatic heterocycles. The van der Waals surface area contributed by atoms with Gasteiger partial charge in [-0.3, -0.25) is 4.79 Å². The minimum absolute atomic E-state index is 0.0868. The summed E-state index contributed by atoms with van der Waals surface area (Å²) >= 11 is 0. The Kier molecular flexibility index (Phi) is 5.59. The first-order valence-electron chi connectivity index (χ1n) is 7.59. The molecule has 0 unspecified atom stereocenters. The maximum atomic E-state index is 12.0. The Morgan fingerprint density at radius 1 is 1.33 bits per heavy atom. The first-order valence-corrected chi connectivity index (χ1v) is 7.59. The Morgan fingerprint density at radius 2 is 2.00 bits per heavy atom. The van der Waals surface area contributed by atoms with Crippen molar-refractivity contribution >= 4 is 11.6 Å². The number of piperidine rings is 1. The van der Waals surface area contributed by atoms with Gasteiger partial charge in [-0.2, -0.15) is 0 Å². The molecule has 5 heteroatoms. The lowest BCUT2D eigenvalue weighted by molar-refractivity contribution is 0.0941. The van der Waals surface area contributed by atoms with Crippen LogP contribution in [0.5, 0.6) is 0 Å². The molecule has 1 amide bonds. The minimum Gasteiger partial charge on any atom is -0.398 e. The zero-order chi connectivity index (χ0) is 15.2. The second kappa shape index (κ2) is 7.43. The molecule has 0 aliphatic carbocycles. The molecule has 1 aromatic rings. The van der Waals surface area contributed by atoms with E-state index < -0.39 is 0 Å². The number of amides is 1. The molecule has 0 atom stereocenters. The number of hydrogen-bond acceptors (Lipinski definition) is 4. The van der Waals surface area contributed by atoms with Crippen LogP contribution < -0.4 is 11.1 Å². The van der Waals surface area contributed by atoms with E-state index in [4.69, 9.17) is 5.73 Å². The van der Waals surface area contributed by atoms with Crippen molar-refractivity contribution in [1.82, 2.24) is 15.1 Å². The van der Waals surface area contributed by atoms with Crippen LogP contribution in [0.4, 0.5) is 5.69 Å². The third-order valence-corrected chi connectivity index (χ3v) is 4.21. The van der Waals surface area contributed by atoms with Gasteiger partial charge in [0, 0.05) is 24.8 Å². The van der Waals surface area contributed by atoms with E-state index in [9.17, 15) is 4.79 Å². The lowest BCUT2D eigenvalue weighted by Gasteiger charge is -2.35. The topological polar surface area (TPSA) is 61.6 Å². The van der Waals surface area contributed by atoms with E-state index in [1.807, 2.05) is 12.1 Å². The van der Waals surface area contributed by atoms with Gasteiger partial charge in [-0.05, 0) is 52.2 Å². The van der Waals surface area contributed by atoms with Crippen LogP contribution in [-0.4, -0.2) is 62.0 Å². The lowest BCUT2D eigenvalue weighted by Crippen LogP contribution is -2.44. The standard InChI is InChI=1S/C16H26N4O/c1-19(2)13-7-10-20(11-8-13)12-9-18-16(21)14-5-3-4-6-15(14)17/h3-6,13H,7-12,17H2,1-2H3,(H,18,21). The highest BCUT2D eigenvalue weighted by molar-refractivity contribution is 5.99.